The van der Waals surface area contributed by atoms with Gasteiger partial charge >= 0.3 is 5.97 Å². The first kappa shape index (κ1) is 10.9. The van der Waals surface area contributed by atoms with E-state index in [-0.39, 0.29) is 12.1 Å². The predicted molar refractivity (Wildman–Crippen MR) is 60.8 cm³/mol. The maximum atomic E-state index is 11.8. The number of rotatable bonds is 2. The fourth-order valence-corrected chi connectivity index (χ4v) is 1.70. The van der Waals surface area contributed by atoms with Gasteiger partial charge < -0.3 is 9.67 Å². The van der Waals surface area contributed by atoms with Crippen LogP contribution in [0.5, 0.6) is 0 Å². The van der Waals surface area contributed by atoms with Gasteiger partial charge in [0, 0.05) is 11.6 Å². The molecule has 84 valence electrons. The molecule has 0 fully saturated rings. The lowest BCUT2D eigenvalue weighted by Gasteiger charge is -2.08. The first-order valence-corrected chi connectivity index (χ1v) is 4.87. The fourth-order valence-electron chi connectivity index (χ4n) is 1.70. The molecule has 0 saturated carbocycles. The summed E-state index contributed by atoms with van der Waals surface area (Å²) in [6.45, 7) is 0.00106. The third-order valence-electron chi connectivity index (χ3n) is 2.46. The Kier molecular flexibility index (Phi) is 2.63. The molecule has 5 nitrogen and oxygen atoms in total. The Morgan fingerprint density at radius 3 is 2.76 bits per heavy atom. The topological polar surface area (TPSA) is 83.1 Å². The third kappa shape index (κ3) is 1.76. The number of carbonyl (C=O) groups is 1. The SMILES string of the molecule is N#CCn1cc(C(=O)O)c(=O)c2ccccc21. The van der Waals surface area contributed by atoms with Gasteiger partial charge in [-0.05, 0) is 12.1 Å². The Morgan fingerprint density at radius 1 is 1.41 bits per heavy atom. The normalized spacial score (nSPS) is 10.1. The number of aromatic nitrogens is 1. The molecule has 17 heavy (non-hydrogen) atoms. The Morgan fingerprint density at radius 2 is 2.12 bits per heavy atom. The van der Waals surface area contributed by atoms with E-state index in [9.17, 15) is 9.59 Å². The Labute approximate surface area is 96.1 Å². The quantitative estimate of drug-likeness (QED) is 0.837. The van der Waals surface area contributed by atoms with Gasteiger partial charge in [0.25, 0.3) is 0 Å². The molecule has 1 aromatic carbocycles. The van der Waals surface area contributed by atoms with Gasteiger partial charge in [0.15, 0.2) is 0 Å². The van der Waals surface area contributed by atoms with Gasteiger partial charge in [-0.2, -0.15) is 5.26 Å². The van der Waals surface area contributed by atoms with E-state index in [0.29, 0.717) is 10.9 Å². The summed E-state index contributed by atoms with van der Waals surface area (Å²) in [6.07, 6.45) is 1.20. The largest absolute Gasteiger partial charge is 0.477 e. The Balaban J connectivity index is 2.91. The molecule has 0 unspecified atom stereocenters. The molecular formula is C12H8N2O3. The van der Waals surface area contributed by atoms with Crippen LogP contribution in [0.15, 0.2) is 35.3 Å². The number of carboxylic acids is 1. The number of hydrogen-bond acceptors (Lipinski definition) is 3. The molecule has 0 saturated heterocycles. The van der Waals surface area contributed by atoms with Crippen molar-refractivity contribution in [3.8, 4) is 6.07 Å². The van der Waals surface area contributed by atoms with Crippen molar-refractivity contribution in [1.82, 2.24) is 4.57 Å². The number of nitrogens with zero attached hydrogens (tertiary/aromatic N) is 2. The van der Waals surface area contributed by atoms with Crippen molar-refractivity contribution in [1.29, 1.82) is 5.26 Å². The van der Waals surface area contributed by atoms with Gasteiger partial charge in [0.2, 0.25) is 5.43 Å². The van der Waals surface area contributed by atoms with Crippen LogP contribution in [-0.2, 0) is 6.54 Å². The summed E-state index contributed by atoms with van der Waals surface area (Å²) in [6, 6.07) is 8.55. The predicted octanol–water partition coefficient (Wildman–Crippen LogP) is 1.22. The monoisotopic (exact) mass is 228 g/mol. The van der Waals surface area contributed by atoms with Crippen molar-refractivity contribution in [2.75, 3.05) is 0 Å². The zero-order valence-electron chi connectivity index (χ0n) is 8.75. The van der Waals surface area contributed by atoms with E-state index in [1.807, 2.05) is 6.07 Å². The van der Waals surface area contributed by atoms with Crippen molar-refractivity contribution in [2.24, 2.45) is 0 Å². The van der Waals surface area contributed by atoms with Crippen molar-refractivity contribution in [3.05, 3.63) is 46.2 Å². The third-order valence-corrected chi connectivity index (χ3v) is 2.46. The molecule has 0 bridgehead atoms. The lowest BCUT2D eigenvalue weighted by Crippen LogP contribution is -2.18. The summed E-state index contributed by atoms with van der Waals surface area (Å²) in [5, 5.41) is 17.9. The molecule has 5 heteroatoms. The highest BCUT2D eigenvalue weighted by molar-refractivity contribution is 5.92. The summed E-state index contributed by atoms with van der Waals surface area (Å²) in [4.78, 5) is 22.8. The van der Waals surface area contributed by atoms with Gasteiger partial charge in [-0.25, -0.2) is 4.79 Å². The number of aromatic carboxylic acids is 1. The average molecular weight is 228 g/mol. The standard InChI is InChI=1S/C12H8N2O3/c13-5-6-14-7-9(12(16)17)11(15)8-3-1-2-4-10(8)14/h1-4,7H,6H2,(H,16,17). The molecular weight excluding hydrogens is 220 g/mol. The van der Waals surface area contributed by atoms with E-state index < -0.39 is 11.4 Å². The summed E-state index contributed by atoms with van der Waals surface area (Å²) in [5.74, 6) is -1.28. The van der Waals surface area contributed by atoms with Gasteiger partial charge in [0.05, 0.1) is 11.6 Å². The fraction of sp³-hybridized carbons (Fsp3) is 0.0833. The lowest BCUT2D eigenvalue weighted by atomic mass is 10.1. The number of fused-ring (bicyclic) bond motifs is 1. The number of benzene rings is 1. The van der Waals surface area contributed by atoms with Crippen LogP contribution in [0.1, 0.15) is 10.4 Å². The van der Waals surface area contributed by atoms with Crippen LogP contribution in [-0.4, -0.2) is 15.6 Å². The zero-order chi connectivity index (χ0) is 12.4. The minimum absolute atomic E-state index is 0.00106. The van der Waals surface area contributed by atoms with Crippen molar-refractivity contribution in [2.45, 2.75) is 6.54 Å². The smallest absolute Gasteiger partial charge is 0.341 e. The van der Waals surface area contributed by atoms with E-state index in [2.05, 4.69) is 0 Å². The van der Waals surface area contributed by atoms with Gasteiger partial charge in [-0.3, -0.25) is 4.79 Å². The number of para-hydroxylation sites is 1. The molecule has 0 aliphatic rings. The zero-order valence-corrected chi connectivity index (χ0v) is 8.75. The van der Waals surface area contributed by atoms with Crippen molar-refractivity contribution >= 4 is 16.9 Å². The number of hydrogen-bond donors (Lipinski definition) is 1. The molecule has 0 aliphatic heterocycles. The van der Waals surface area contributed by atoms with Gasteiger partial charge in [-0.15, -0.1) is 0 Å². The molecule has 2 rings (SSSR count). The number of nitriles is 1. The maximum Gasteiger partial charge on any atom is 0.341 e. The van der Waals surface area contributed by atoms with E-state index in [4.69, 9.17) is 10.4 Å². The average Bonchev–Trinajstić information content (AvgIpc) is 2.33. The van der Waals surface area contributed by atoms with E-state index in [0.717, 1.165) is 0 Å². The van der Waals surface area contributed by atoms with E-state index in [1.54, 1.807) is 24.3 Å². The number of pyridine rings is 1. The van der Waals surface area contributed by atoms with Crippen LogP contribution in [0.3, 0.4) is 0 Å². The van der Waals surface area contributed by atoms with Crippen molar-refractivity contribution < 1.29 is 9.90 Å². The second-order valence-corrected chi connectivity index (χ2v) is 3.48. The van der Waals surface area contributed by atoms with E-state index >= 15 is 0 Å². The van der Waals surface area contributed by atoms with Gasteiger partial charge in [-0.1, -0.05) is 12.1 Å². The maximum absolute atomic E-state index is 11.8. The van der Waals surface area contributed by atoms with Crippen LogP contribution >= 0.6 is 0 Å². The van der Waals surface area contributed by atoms with Crippen LogP contribution in [0.4, 0.5) is 0 Å². The van der Waals surface area contributed by atoms with Crippen molar-refractivity contribution in [3.63, 3.8) is 0 Å². The summed E-state index contributed by atoms with van der Waals surface area (Å²) >= 11 is 0. The lowest BCUT2D eigenvalue weighted by molar-refractivity contribution is 0.0695. The second kappa shape index (κ2) is 4.10. The summed E-state index contributed by atoms with van der Waals surface area (Å²) in [5.41, 5.74) is -0.287. The molecule has 0 aliphatic carbocycles. The molecule has 1 N–H and O–H groups in total. The molecule has 1 aromatic heterocycles. The summed E-state index contributed by atoms with van der Waals surface area (Å²) < 4.78 is 1.46. The highest BCUT2D eigenvalue weighted by atomic mass is 16.4. The van der Waals surface area contributed by atoms with E-state index in [1.165, 1.54) is 10.8 Å². The Hall–Kier alpha value is -2.61. The minimum atomic E-state index is -1.28. The highest BCUT2D eigenvalue weighted by Gasteiger charge is 2.13. The highest BCUT2D eigenvalue weighted by Crippen LogP contribution is 2.11. The van der Waals surface area contributed by atoms with Crippen LogP contribution < -0.4 is 5.43 Å². The number of carboxylic acid groups (broad SMARTS) is 1. The molecule has 2 aromatic rings. The van der Waals surface area contributed by atoms with Crippen LogP contribution in [0.25, 0.3) is 10.9 Å². The minimum Gasteiger partial charge on any atom is -0.477 e. The second-order valence-electron chi connectivity index (χ2n) is 3.48. The molecule has 0 atom stereocenters. The first-order chi connectivity index (χ1) is 8.15. The first-order valence-electron chi connectivity index (χ1n) is 4.87. The van der Waals surface area contributed by atoms with Crippen LogP contribution in [0, 0.1) is 11.3 Å². The summed E-state index contributed by atoms with van der Waals surface area (Å²) in [7, 11) is 0. The van der Waals surface area contributed by atoms with Crippen LogP contribution in [0.2, 0.25) is 0 Å². The van der Waals surface area contributed by atoms with Gasteiger partial charge in [0.1, 0.15) is 12.1 Å². The molecule has 0 spiro atoms. The Bertz CT molecular complexity index is 695. The molecule has 0 amide bonds. The molecule has 1 heterocycles. The molecule has 0 radical (unpaired) electrons.